The summed E-state index contributed by atoms with van der Waals surface area (Å²) in [7, 11) is 0. The highest BCUT2D eigenvalue weighted by molar-refractivity contribution is 5.83. The van der Waals surface area contributed by atoms with E-state index in [9.17, 15) is 18.0 Å². The maximum atomic E-state index is 12.8. The lowest BCUT2D eigenvalue weighted by Crippen LogP contribution is -2.37. The zero-order valence-corrected chi connectivity index (χ0v) is 14.7. The molecule has 0 spiro atoms. The van der Waals surface area contributed by atoms with Gasteiger partial charge in [-0.15, -0.1) is 0 Å². The minimum Gasteiger partial charge on any atom is -0.338 e. The molecule has 1 aromatic carbocycles. The van der Waals surface area contributed by atoms with Crippen LogP contribution in [0.25, 0.3) is 0 Å². The van der Waals surface area contributed by atoms with Gasteiger partial charge in [-0.05, 0) is 54.5 Å². The van der Waals surface area contributed by atoms with Crippen LogP contribution in [-0.2, 0) is 11.0 Å². The number of rotatable bonds is 4. The van der Waals surface area contributed by atoms with Crippen molar-refractivity contribution in [3.8, 4) is 0 Å². The normalized spacial score (nSPS) is 23.5. The topological polar surface area (TPSA) is 20.3 Å². The zero-order valence-electron chi connectivity index (χ0n) is 14.7. The molecule has 1 aliphatic carbocycles. The van der Waals surface area contributed by atoms with Crippen molar-refractivity contribution < 1.29 is 18.0 Å². The molecular formula is C21H22F3NO. The summed E-state index contributed by atoms with van der Waals surface area (Å²) in [4.78, 5) is 14.6. The molecule has 2 nitrogen and oxygen atoms in total. The lowest BCUT2D eigenvalue weighted by Gasteiger charge is -2.29. The van der Waals surface area contributed by atoms with E-state index in [1.165, 1.54) is 17.7 Å². The Hall–Kier alpha value is -2.30. The largest absolute Gasteiger partial charge is 0.416 e. The molecular weight excluding hydrogens is 339 g/mol. The van der Waals surface area contributed by atoms with Gasteiger partial charge < -0.3 is 4.90 Å². The second kappa shape index (κ2) is 7.14. The molecule has 1 heterocycles. The van der Waals surface area contributed by atoms with Crippen LogP contribution >= 0.6 is 0 Å². The monoisotopic (exact) mass is 361 g/mol. The summed E-state index contributed by atoms with van der Waals surface area (Å²) in [6.45, 7) is 7.01. The highest BCUT2D eigenvalue weighted by Crippen LogP contribution is 2.49. The summed E-state index contributed by atoms with van der Waals surface area (Å²) in [5.41, 5.74) is 2.43. The van der Waals surface area contributed by atoms with Gasteiger partial charge in [0.2, 0.25) is 5.91 Å². The quantitative estimate of drug-likeness (QED) is 0.731. The molecule has 0 radical (unpaired) electrons. The Balaban J connectivity index is 1.66. The molecule has 2 aliphatic rings. The maximum absolute atomic E-state index is 12.8. The summed E-state index contributed by atoms with van der Waals surface area (Å²) in [6.07, 6.45) is 2.97. The van der Waals surface area contributed by atoms with Crippen molar-refractivity contribution in [1.82, 2.24) is 4.90 Å². The van der Waals surface area contributed by atoms with Crippen LogP contribution in [0.4, 0.5) is 13.2 Å². The first-order chi connectivity index (χ1) is 12.3. The van der Waals surface area contributed by atoms with Crippen molar-refractivity contribution in [2.24, 2.45) is 5.92 Å². The first kappa shape index (κ1) is 18.5. The minimum absolute atomic E-state index is 0.0275. The Labute approximate surface area is 151 Å². The number of hydrogen-bond acceptors (Lipinski definition) is 1. The highest BCUT2D eigenvalue weighted by atomic mass is 19.4. The molecule has 1 amide bonds. The second-order valence-corrected chi connectivity index (χ2v) is 6.83. The van der Waals surface area contributed by atoms with Crippen LogP contribution in [0.15, 0.2) is 60.2 Å². The van der Waals surface area contributed by atoms with Gasteiger partial charge in [0.25, 0.3) is 0 Å². The molecule has 0 N–H and O–H groups in total. The molecule has 0 aromatic heterocycles. The van der Waals surface area contributed by atoms with Crippen LogP contribution in [0.2, 0.25) is 0 Å². The molecule has 3 rings (SSSR count). The summed E-state index contributed by atoms with van der Waals surface area (Å²) in [5.74, 6) is 0.00335. The van der Waals surface area contributed by atoms with Gasteiger partial charge in [0.05, 0.1) is 5.56 Å². The van der Waals surface area contributed by atoms with E-state index in [4.69, 9.17) is 0 Å². The fourth-order valence-corrected chi connectivity index (χ4v) is 3.57. The molecule has 26 heavy (non-hydrogen) atoms. The van der Waals surface area contributed by atoms with Crippen LogP contribution < -0.4 is 0 Å². The van der Waals surface area contributed by atoms with E-state index in [2.05, 4.69) is 6.58 Å². The van der Waals surface area contributed by atoms with Gasteiger partial charge in [-0.2, -0.15) is 13.2 Å². The minimum atomic E-state index is -4.33. The van der Waals surface area contributed by atoms with E-state index >= 15 is 0 Å². The third-order valence-electron chi connectivity index (χ3n) is 5.12. The lowest BCUT2D eigenvalue weighted by atomic mass is 9.98. The maximum Gasteiger partial charge on any atom is 0.416 e. The number of amides is 1. The standard InChI is InChI=1S/C21H22F3NO/c1-3-5-16-13-25(11-10-14(16)4-2)20(26)19-12-18(19)15-6-8-17(9-7-15)21(22,23)24/h3-9,18-19H,2,10-13H2,1H3/b5-3-. The van der Waals surface area contributed by atoms with Crippen molar-refractivity contribution >= 4 is 5.91 Å². The average Bonchev–Trinajstić information content (AvgIpc) is 3.41. The predicted octanol–water partition coefficient (Wildman–Crippen LogP) is 5.10. The summed E-state index contributed by atoms with van der Waals surface area (Å²) in [5, 5.41) is 0. The lowest BCUT2D eigenvalue weighted by molar-refractivity contribution is -0.137. The Bertz CT molecular complexity index is 758. The van der Waals surface area contributed by atoms with Crippen molar-refractivity contribution in [1.29, 1.82) is 0 Å². The molecule has 1 aliphatic heterocycles. The van der Waals surface area contributed by atoms with Gasteiger partial charge in [0.1, 0.15) is 0 Å². The Kier molecular flexibility index (Phi) is 5.08. The number of carbonyl (C=O) groups is 1. The van der Waals surface area contributed by atoms with Crippen molar-refractivity contribution in [3.63, 3.8) is 0 Å². The van der Waals surface area contributed by atoms with Crippen molar-refractivity contribution in [3.05, 3.63) is 71.3 Å². The van der Waals surface area contributed by atoms with Crippen LogP contribution in [-0.4, -0.2) is 23.9 Å². The Morgan fingerprint density at radius 3 is 2.50 bits per heavy atom. The van der Waals surface area contributed by atoms with Crippen LogP contribution in [0.5, 0.6) is 0 Å². The number of benzene rings is 1. The van der Waals surface area contributed by atoms with Gasteiger partial charge in [-0.25, -0.2) is 0 Å². The average molecular weight is 361 g/mol. The van der Waals surface area contributed by atoms with Gasteiger partial charge in [0, 0.05) is 19.0 Å². The van der Waals surface area contributed by atoms with Crippen molar-refractivity contribution in [2.45, 2.75) is 31.9 Å². The third kappa shape index (κ3) is 3.76. The molecule has 1 fully saturated rings. The number of allylic oxidation sites excluding steroid dienone is 2. The molecule has 0 bridgehead atoms. The number of hydrogen-bond donors (Lipinski definition) is 0. The molecule has 2 unspecified atom stereocenters. The summed E-state index contributed by atoms with van der Waals surface area (Å²) < 4.78 is 38.0. The van der Waals surface area contributed by atoms with Gasteiger partial charge in [0.15, 0.2) is 0 Å². The molecule has 5 heteroatoms. The van der Waals surface area contributed by atoms with Gasteiger partial charge in [-0.3, -0.25) is 4.79 Å². The van der Waals surface area contributed by atoms with E-state index in [-0.39, 0.29) is 17.7 Å². The molecule has 0 saturated heterocycles. The van der Waals surface area contributed by atoms with E-state index in [0.717, 1.165) is 29.7 Å². The van der Waals surface area contributed by atoms with Crippen LogP contribution in [0, 0.1) is 5.92 Å². The Morgan fingerprint density at radius 1 is 1.23 bits per heavy atom. The SMILES string of the molecule is C=CC1=C(/C=C\C)CN(C(=O)C2CC2c2ccc(C(F)(F)F)cc2)CC1. The first-order valence-electron chi connectivity index (χ1n) is 8.78. The number of halogens is 3. The smallest absolute Gasteiger partial charge is 0.338 e. The first-order valence-corrected chi connectivity index (χ1v) is 8.78. The highest BCUT2D eigenvalue weighted by Gasteiger charge is 2.46. The van der Waals surface area contributed by atoms with E-state index in [0.29, 0.717) is 19.5 Å². The fraction of sp³-hybridized carbons (Fsp3) is 0.381. The van der Waals surface area contributed by atoms with Gasteiger partial charge >= 0.3 is 6.18 Å². The van der Waals surface area contributed by atoms with E-state index < -0.39 is 11.7 Å². The summed E-state index contributed by atoms with van der Waals surface area (Å²) >= 11 is 0. The fourth-order valence-electron chi connectivity index (χ4n) is 3.57. The molecule has 138 valence electrons. The van der Waals surface area contributed by atoms with Crippen molar-refractivity contribution in [2.75, 3.05) is 13.1 Å². The number of nitrogens with zero attached hydrogens (tertiary/aromatic N) is 1. The number of carbonyl (C=O) groups excluding carboxylic acids is 1. The molecule has 1 aromatic rings. The third-order valence-corrected chi connectivity index (χ3v) is 5.12. The number of alkyl halides is 3. The summed E-state index contributed by atoms with van der Waals surface area (Å²) in [6, 6.07) is 5.19. The van der Waals surface area contributed by atoms with Crippen LogP contribution in [0.3, 0.4) is 0 Å². The van der Waals surface area contributed by atoms with E-state index in [1.807, 2.05) is 30.1 Å². The molecule has 1 saturated carbocycles. The van der Waals surface area contributed by atoms with E-state index in [1.54, 1.807) is 0 Å². The van der Waals surface area contributed by atoms with Crippen LogP contribution in [0.1, 0.15) is 36.8 Å². The predicted molar refractivity (Wildman–Crippen MR) is 95.5 cm³/mol. The molecule has 2 atom stereocenters. The van der Waals surface area contributed by atoms with Gasteiger partial charge in [-0.1, -0.05) is 36.9 Å². The Morgan fingerprint density at radius 2 is 1.92 bits per heavy atom. The zero-order chi connectivity index (χ0) is 18.9. The second-order valence-electron chi connectivity index (χ2n) is 6.83.